The summed E-state index contributed by atoms with van der Waals surface area (Å²) in [5.41, 5.74) is 0. The summed E-state index contributed by atoms with van der Waals surface area (Å²) in [6.45, 7) is 0.125. The van der Waals surface area contributed by atoms with E-state index in [1.807, 2.05) is 0 Å². The average Bonchev–Trinajstić information content (AvgIpc) is 2.43. The van der Waals surface area contributed by atoms with Gasteiger partial charge < -0.3 is 19.7 Å². The predicted molar refractivity (Wildman–Crippen MR) is 31.6 cm³/mol. The minimum atomic E-state index is -1.22. The summed E-state index contributed by atoms with van der Waals surface area (Å²) in [4.78, 5) is 10.7. The Hall–Kier alpha value is -0.650. The van der Waals surface area contributed by atoms with Gasteiger partial charge in [0.2, 0.25) is 0 Å². The molecule has 11 heavy (non-hydrogen) atoms. The molecule has 0 amide bonds. The largest absolute Gasteiger partial charge is 0.455 e. The molecule has 0 unspecified atom stereocenters. The van der Waals surface area contributed by atoms with E-state index in [4.69, 9.17) is 14.9 Å². The smallest absolute Gasteiger partial charge is 0.338 e. The van der Waals surface area contributed by atoms with E-state index in [-0.39, 0.29) is 6.61 Å². The van der Waals surface area contributed by atoms with Gasteiger partial charge in [-0.1, -0.05) is 0 Å². The summed E-state index contributed by atoms with van der Waals surface area (Å²) in [7, 11) is 0. The van der Waals surface area contributed by atoms with Crippen molar-refractivity contribution in [1.29, 1.82) is 0 Å². The lowest BCUT2D eigenvalue weighted by atomic mass is 10.1. The van der Waals surface area contributed by atoms with Crippen molar-refractivity contribution >= 4 is 5.97 Å². The fourth-order valence-electron chi connectivity index (χ4n) is 1.37. The number of hydrogen-bond acceptors (Lipinski definition) is 5. The molecule has 62 valence electrons. The summed E-state index contributed by atoms with van der Waals surface area (Å²) in [5, 5.41) is 18.2. The zero-order valence-corrected chi connectivity index (χ0v) is 5.64. The summed E-state index contributed by atoms with van der Waals surface area (Å²) >= 11 is 0. The molecule has 0 aromatic heterocycles. The second kappa shape index (κ2) is 2.17. The highest BCUT2D eigenvalue weighted by atomic mass is 16.6. The maximum Gasteiger partial charge on any atom is 0.338 e. The van der Waals surface area contributed by atoms with Crippen molar-refractivity contribution < 1.29 is 24.5 Å². The summed E-state index contributed by atoms with van der Waals surface area (Å²) in [6, 6.07) is 0. The van der Waals surface area contributed by atoms with Gasteiger partial charge in [-0.15, -0.1) is 0 Å². The van der Waals surface area contributed by atoms with Crippen LogP contribution in [0.4, 0.5) is 0 Å². The predicted octanol–water partition coefficient (Wildman–Crippen LogP) is -1.97. The van der Waals surface area contributed by atoms with Crippen LogP contribution in [-0.2, 0) is 14.3 Å². The second-order valence-corrected chi connectivity index (χ2v) is 2.71. The van der Waals surface area contributed by atoms with Gasteiger partial charge in [0.05, 0.1) is 6.61 Å². The second-order valence-electron chi connectivity index (χ2n) is 2.71. The number of aliphatic hydroxyl groups excluding tert-OH is 2. The van der Waals surface area contributed by atoms with E-state index < -0.39 is 30.4 Å². The molecule has 0 spiro atoms. The van der Waals surface area contributed by atoms with Gasteiger partial charge in [-0.2, -0.15) is 0 Å². The molecule has 0 radical (unpaired) electrons. The van der Waals surface area contributed by atoms with E-state index in [1.165, 1.54) is 0 Å². The molecule has 0 bridgehead atoms. The van der Waals surface area contributed by atoms with E-state index in [0.29, 0.717) is 0 Å². The molecule has 2 heterocycles. The molecule has 0 aromatic rings. The van der Waals surface area contributed by atoms with Crippen molar-refractivity contribution in [3.8, 4) is 0 Å². The molecule has 4 atom stereocenters. The zero-order chi connectivity index (χ0) is 8.01. The van der Waals surface area contributed by atoms with E-state index >= 15 is 0 Å². The maximum absolute atomic E-state index is 10.7. The summed E-state index contributed by atoms with van der Waals surface area (Å²) < 4.78 is 9.57. The van der Waals surface area contributed by atoms with Gasteiger partial charge in [-0.3, -0.25) is 0 Å². The minimum Gasteiger partial charge on any atom is -0.455 e. The third-order valence-corrected chi connectivity index (χ3v) is 1.97. The van der Waals surface area contributed by atoms with Gasteiger partial charge in [0.1, 0.15) is 12.2 Å². The molecule has 5 heteroatoms. The lowest BCUT2D eigenvalue weighted by Gasteiger charge is -2.07. The Morgan fingerprint density at radius 3 is 2.73 bits per heavy atom. The van der Waals surface area contributed by atoms with Crippen molar-refractivity contribution in [3.63, 3.8) is 0 Å². The lowest BCUT2D eigenvalue weighted by Crippen LogP contribution is -2.31. The number of esters is 1. The highest BCUT2D eigenvalue weighted by molar-refractivity contribution is 5.78. The Morgan fingerprint density at radius 1 is 1.36 bits per heavy atom. The van der Waals surface area contributed by atoms with Crippen molar-refractivity contribution in [2.45, 2.75) is 24.4 Å². The maximum atomic E-state index is 10.7. The van der Waals surface area contributed by atoms with E-state index in [1.54, 1.807) is 0 Å². The molecule has 0 saturated carbocycles. The third-order valence-electron chi connectivity index (χ3n) is 1.97. The number of ether oxygens (including phenoxy) is 2. The highest BCUT2D eigenvalue weighted by Gasteiger charge is 2.52. The Balaban J connectivity index is 2.18. The Kier molecular flexibility index (Phi) is 1.38. The highest BCUT2D eigenvalue weighted by Crippen LogP contribution is 2.27. The molecule has 2 aliphatic rings. The van der Waals surface area contributed by atoms with Gasteiger partial charge in [0, 0.05) is 0 Å². The normalized spacial score (nSPS) is 49.1. The number of carbonyl (C=O) groups excluding carboxylic acids is 1. The molecule has 2 saturated heterocycles. The van der Waals surface area contributed by atoms with Crippen LogP contribution in [0.3, 0.4) is 0 Å². The fraction of sp³-hybridized carbons (Fsp3) is 0.833. The van der Waals surface area contributed by atoms with Crippen LogP contribution in [0.1, 0.15) is 0 Å². The van der Waals surface area contributed by atoms with E-state index in [2.05, 4.69) is 4.74 Å². The Labute approximate surface area is 62.5 Å². The van der Waals surface area contributed by atoms with Crippen molar-refractivity contribution in [3.05, 3.63) is 0 Å². The first kappa shape index (κ1) is 7.02. The third kappa shape index (κ3) is 0.852. The number of rotatable bonds is 0. The van der Waals surface area contributed by atoms with Crippen LogP contribution in [0.25, 0.3) is 0 Å². The molecule has 2 N–H and O–H groups in total. The monoisotopic (exact) mass is 160 g/mol. The first-order valence-corrected chi connectivity index (χ1v) is 3.38. The Bertz CT molecular complexity index is 191. The molecule has 2 aliphatic heterocycles. The first-order chi connectivity index (χ1) is 5.20. The zero-order valence-electron chi connectivity index (χ0n) is 5.64. The van der Waals surface area contributed by atoms with Gasteiger partial charge in [0.15, 0.2) is 12.2 Å². The van der Waals surface area contributed by atoms with Crippen LogP contribution in [0.15, 0.2) is 0 Å². The van der Waals surface area contributed by atoms with Crippen LogP contribution >= 0.6 is 0 Å². The average molecular weight is 160 g/mol. The molecule has 5 nitrogen and oxygen atoms in total. The van der Waals surface area contributed by atoms with Crippen LogP contribution in [0.5, 0.6) is 0 Å². The molecular weight excluding hydrogens is 152 g/mol. The number of aliphatic hydroxyl groups is 2. The van der Waals surface area contributed by atoms with E-state index in [0.717, 1.165) is 0 Å². The fourth-order valence-corrected chi connectivity index (χ4v) is 1.37. The minimum absolute atomic E-state index is 0.125. The van der Waals surface area contributed by atoms with Crippen LogP contribution in [0.2, 0.25) is 0 Å². The SMILES string of the molecule is O=C1O[C@H]2[C@H](OC[C@H]2O)[C@@H]1O. The van der Waals surface area contributed by atoms with Gasteiger partial charge in [-0.05, 0) is 0 Å². The van der Waals surface area contributed by atoms with Crippen LogP contribution < -0.4 is 0 Å². The summed E-state index contributed by atoms with van der Waals surface area (Å²) in [5.74, 6) is -0.709. The van der Waals surface area contributed by atoms with E-state index in [9.17, 15) is 4.79 Å². The molecule has 2 rings (SSSR count). The van der Waals surface area contributed by atoms with Crippen LogP contribution in [0, 0.1) is 0 Å². The quantitative estimate of drug-likeness (QED) is 0.402. The topological polar surface area (TPSA) is 76.0 Å². The molecule has 0 aromatic carbocycles. The lowest BCUT2D eigenvalue weighted by molar-refractivity contribution is -0.151. The Morgan fingerprint density at radius 2 is 2.09 bits per heavy atom. The van der Waals surface area contributed by atoms with Crippen molar-refractivity contribution in [2.24, 2.45) is 0 Å². The molecule has 2 fully saturated rings. The van der Waals surface area contributed by atoms with Gasteiger partial charge >= 0.3 is 5.97 Å². The number of fused-ring (bicyclic) bond motifs is 1. The first-order valence-electron chi connectivity index (χ1n) is 3.38. The summed E-state index contributed by atoms with van der Waals surface area (Å²) in [6.07, 6.45) is -3.35. The number of carbonyl (C=O) groups is 1. The van der Waals surface area contributed by atoms with Gasteiger partial charge in [0.25, 0.3) is 0 Å². The molecular formula is C6H8O5. The van der Waals surface area contributed by atoms with Crippen molar-refractivity contribution in [2.75, 3.05) is 6.61 Å². The number of hydrogen-bond donors (Lipinski definition) is 2. The van der Waals surface area contributed by atoms with Crippen molar-refractivity contribution in [1.82, 2.24) is 0 Å². The van der Waals surface area contributed by atoms with Crippen LogP contribution in [-0.4, -0.2) is 47.2 Å². The molecule has 0 aliphatic carbocycles. The van der Waals surface area contributed by atoms with Gasteiger partial charge in [-0.25, -0.2) is 4.79 Å². The standard InChI is InChI=1S/C6H8O5/c7-2-1-10-5-3(8)6(9)11-4(2)5/h2-5,7-8H,1H2/t2-,3+,4-,5-/m1/s1.